The van der Waals surface area contributed by atoms with Crippen LogP contribution in [0.15, 0.2) is 60.3 Å². The Morgan fingerprint density at radius 3 is 2.39 bits per heavy atom. The van der Waals surface area contributed by atoms with Gasteiger partial charge < -0.3 is 15.2 Å². The molecule has 23 heavy (non-hydrogen) atoms. The molecule has 0 fully saturated rings. The Morgan fingerprint density at radius 1 is 1.09 bits per heavy atom. The maximum absolute atomic E-state index is 12.0. The SMILES string of the molecule is COc1ccccc1C=C(NC(=O)Cc1ccccc1)C(=O)O. The fourth-order valence-electron chi connectivity index (χ4n) is 2.07. The lowest BCUT2D eigenvalue weighted by atomic mass is 10.1. The van der Waals surface area contributed by atoms with Crippen molar-refractivity contribution < 1.29 is 19.4 Å². The molecular weight excluding hydrogens is 294 g/mol. The molecule has 0 aliphatic rings. The molecule has 1 amide bonds. The molecule has 0 radical (unpaired) electrons. The summed E-state index contributed by atoms with van der Waals surface area (Å²) in [7, 11) is 1.50. The quantitative estimate of drug-likeness (QED) is 0.804. The Balaban J connectivity index is 2.17. The summed E-state index contributed by atoms with van der Waals surface area (Å²) >= 11 is 0. The van der Waals surface area contributed by atoms with E-state index in [-0.39, 0.29) is 18.0 Å². The summed E-state index contributed by atoms with van der Waals surface area (Å²) in [6.45, 7) is 0. The van der Waals surface area contributed by atoms with E-state index in [9.17, 15) is 14.7 Å². The first-order valence-corrected chi connectivity index (χ1v) is 7.02. The molecule has 2 aromatic carbocycles. The first kappa shape index (κ1) is 16.3. The van der Waals surface area contributed by atoms with Crippen molar-refractivity contribution in [1.82, 2.24) is 5.32 Å². The zero-order valence-corrected chi connectivity index (χ0v) is 12.7. The summed E-state index contributed by atoms with van der Waals surface area (Å²) in [5, 5.41) is 11.7. The van der Waals surface area contributed by atoms with Gasteiger partial charge in [-0.3, -0.25) is 4.79 Å². The van der Waals surface area contributed by atoms with Crippen molar-refractivity contribution in [3.8, 4) is 5.75 Å². The van der Waals surface area contributed by atoms with Gasteiger partial charge in [-0.25, -0.2) is 4.79 Å². The topological polar surface area (TPSA) is 75.6 Å². The van der Waals surface area contributed by atoms with Gasteiger partial charge in [0.1, 0.15) is 11.4 Å². The third-order valence-electron chi connectivity index (χ3n) is 3.15. The van der Waals surface area contributed by atoms with Crippen molar-refractivity contribution in [1.29, 1.82) is 0 Å². The van der Waals surface area contributed by atoms with Crippen molar-refractivity contribution in [2.24, 2.45) is 0 Å². The second-order valence-corrected chi connectivity index (χ2v) is 4.82. The number of hydrogen-bond acceptors (Lipinski definition) is 3. The summed E-state index contributed by atoms with van der Waals surface area (Å²) in [5.41, 5.74) is 1.19. The minimum atomic E-state index is -1.21. The predicted molar refractivity (Wildman–Crippen MR) is 86.9 cm³/mol. The van der Waals surface area contributed by atoms with E-state index in [0.29, 0.717) is 11.3 Å². The lowest BCUT2D eigenvalue weighted by Gasteiger charge is -2.08. The average Bonchev–Trinajstić information content (AvgIpc) is 2.55. The van der Waals surface area contributed by atoms with Crippen LogP contribution in [0.25, 0.3) is 6.08 Å². The molecule has 5 nitrogen and oxygen atoms in total. The molecule has 2 rings (SSSR count). The van der Waals surface area contributed by atoms with Crippen LogP contribution < -0.4 is 10.1 Å². The van der Waals surface area contributed by atoms with Crippen molar-refractivity contribution in [2.75, 3.05) is 7.11 Å². The number of aliphatic carboxylic acids is 1. The molecule has 0 atom stereocenters. The number of nitrogens with one attached hydrogen (secondary N) is 1. The van der Waals surface area contributed by atoms with E-state index in [0.717, 1.165) is 5.56 Å². The van der Waals surface area contributed by atoms with Crippen LogP contribution in [-0.2, 0) is 16.0 Å². The fourth-order valence-corrected chi connectivity index (χ4v) is 2.07. The molecule has 0 aliphatic heterocycles. The van der Waals surface area contributed by atoms with Gasteiger partial charge in [0.15, 0.2) is 0 Å². The highest BCUT2D eigenvalue weighted by Crippen LogP contribution is 2.20. The number of hydrogen-bond donors (Lipinski definition) is 2. The van der Waals surface area contributed by atoms with Gasteiger partial charge in [0.2, 0.25) is 5.91 Å². The van der Waals surface area contributed by atoms with Gasteiger partial charge in [0.25, 0.3) is 0 Å². The number of ether oxygens (including phenoxy) is 1. The van der Waals surface area contributed by atoms with Crippen molar-refractivity contribution in [3.05, 3.63) is 71.4 Å². The maximum Gasteiger partial charge on any atom is 0.352 e. The van der Waals surface area contributed by atoms with Crippen LogP contribution in [0.3, 0.4) is 0 Å². The van der Waals surface area contributed by atoms with E-state index in [1.807, 2.05) is 30.3 Å². The van der Waals surface area contributed by atoms with Gasteiger partial charge in [-0.15, -0.1) is 0 Å². The predicted octanol–water partition coefficient (Wildman–Crippen LogP) is 2.48. The maximum atomic E-state index is 12.0. The number of methoxy groups -OCH3 is 1. The van der Waals surface area contributed by atoms with E-state index in [4.69, 9.17) is 4.74 Å². The zero-order chi connectivity index (χ0) is 16.7. The molecule has 5 heteroatoms. The summed E-state index contributed by atoms with van der Waals surface area (Å²) in [6, 6.07) is 16.1. The molecule has 0 saturated carbocycles. The van der Waals surface area contributed by atoms with Gasteiger partial charge >= 0.3 is 5.97 Å². The summed E-state index contributed by atoms with van der Waals surface area (Å²) in [4.78, 5) is 23.4. The number of para-hydroxylation sites is 1. The number of carboxylic acid groups (broad SMARTS) is 1. The largest absolute Gasteiger partial charge is 0.496 e. The third-order valence-corrected chi connectivity index (χ3v) is 3.15. The van der Waals surface area contributed by atoms with E-state index in [2.05, 4.69) is 5.32 Å². The van der Waals surface area contributed by atoms with Crippen LogP contribution >= 0.6 is 0 Å². The Bertz CT molecular complexity index is 723. The smallest absolute Gasteiger partial charge is 0.352 e. The molecule has 0 aliphatic carbocycles. The zero-order valence-electron chi connectivity index (χ0n) is 12.7. The van der Waals surface area contributed by atoms with Gasteiger partial charge in [0.05, 0.1) is 13.5 Å². The average molecular weight is 311 g/mol. The first-order chi connectivity index (χ1) is 11.1. The Kier molecular flexibility index (Phi) is 5.52. The lowest BCUT2D eigenvalue weighted by Crippen LogP contribution is -2.28. The summed E-state index contributed by atoms with van der Waals surface area (Å²) in [6.07, 6.45) is 1.49. The molecule has 2 N–H and O–H groups in total. The van der Waals surface area contributed by atoms with Crippen molar-refractivity contribution in [3.63, 3.8) is 0 Å². The Morgan fingerprint density at radius 2 is 1.74 bits per heavy atom. The van der Waals surface area contributed by atoms with E-state index >= 15 is 0 Å². The highest BCUT2D eigenvalue weighted by molar-refractivity contribution is 5.97. The Hall–Kier alpha value is -3.08. The summed E-state index contributed by atoms with van der Waals surface area (Å²) < 4.78 is 5.18. The molecule has 0 unspecified atom stereocenters. The third kappa shape index (κ3) is 4.71. The molecule has 0 spiro atoms. The van der Waals surface area contributed by atoms with Crippen LogP contribution in [0.4, 0.5) is 0 Å². The Labute approximate surface area is 134 Å². The van der Waals surface area contributed by atoms with Crippen LogP contribution in [0.2, 0.25) is 0 Å². The second-order valence-electron chi connectivity index (χ2n) is 4.82. The number of benzene rings is 2. The fraction of sp³-hybridized carbons (Fsp3) is 0.111. The number of carbonyl (C=O) groups excluding carboxylic acids is 1. The highest BCUT2D eigenvalue weighted by Gasteiger charge is 2.13. The van der Waals surface area contributed by atoms with E-state index in [1.165, 1.54) is 13.2 Å². The standard InChI is InChI=1S/C18H17NO4/c1-23-16-10-6-5-9-14(16)12-15(18(21)22)19-17(20)11-13-7-3-2-4-8-13/h2-10,12H,11H2,1H3,(H,19,20)(H,21,22). The van der Waals surface area contributed by atoms with Gasteiger partial charge in [-0.2, -0.15) is 0 Å². The molecule has 0 saturated heterocycles. The number of rotatable bonds is 6. The number of carboxylic acids is 1. The second kappa shape index (κ2) is 7.79. The van der Waals surface area contributed by atoms with Crippen LogP contribution in [-0.4, -0.2) is 24.1 Å². The summed E-state index contributed by atoms with van der Waals surface area (Å²) in [5.74, 6) is -1.07. The molecular formula is C18H17NO4. The normalized spacial score (nSPS) is 10.9. The minimum Gasteiger partial charge on any atom is -0.496 e. The minimum absolute atomic E-state index is 0.109. The van der Waals surface area contributed by atoms with Crippen LogP contribution in [0, 0.1) is 0 Å². The van der Waals surface area contributed by atoms with Crippen LogP contribution in [0.5, 0.6) is 5.75 Å². The van der Waals surface area contributed by atoms with Crippen molar-refractivity contribution >= 4 is 18.0 Å². The lowest BCUT2D eigenvalue weighted by molar-refractivity contribution is -0.134. The number of amides is 1. The monoisotopic (exact) mass is 311 g/mol. The number of carbonyl (C=O) groups is 2. The molecule has 0 heterocycles. The van der Waals surface area contributed by atoms with Gasteiger partial charge in [0, 0.05) is 5.56 Å². The molecule has 2 aromatic rings. The molecule has 0 aromatic heterocycles. The van der Waals surface area contributed by atoms with Crippen LogP contribution in [0.1, 0.15) is 11.1 Å². The van der Waals surface area contributed by atoms with E-state index in [1.54, 1.807) is 24.3 Å². The van der Waals surface area contributed by atoms with Crippen molar-refractivity contribution in [2.45, 2.75) is 6.42 Å². The first-order valence-electron chi connectivity index (χ1n) is 7.02. The highest BCUT2D eigenvalue weighted by atomic mass is 16.5. The van der Waals surface area contributed by atoms with Gasteiger partial charge in [-0.05, 0) is 17.7 Å². The molecule has 118 valence electrons. The molecule has 0 bridgehead atoms. The van der Waals surface area contributed by atoms with E-state index < -0.39 is 5.97 Å². The van der Waals surface area contributed by atoms with Gasteiger partial charge in [-0.1, -0.05) is 48.5 Å².